The lowest BCUT2D eigenvalue weighted by Gasteiger charge is -2.13. The van der Waals surface area contributed by atoms with Gasteiger partial charge in [-0.1, -0.05) is 42.5 Å². The van der Waals surface area contributed by atoms with Crippen molar-refractivity contribution >= 4 is 5.69 Å². The van der Waals surface area contributed by atoms with E-state index in [0.717, 1.165) is 17.8 Å². The fourth-order valence-electron chi connectivity index (χ4n) is 1.99. The maximum Gasteiger partial charge on any atom is 0.0449 e. The lowest BCUT2D eigenvalue weighted by molar-refractivity contribution is 0.276. The second-order valence-electron chi connectivity index (χ2n) is 4.58. The van der Waals surface area contributed by atoms with E-state index in [1.54, 1.807) is 0 Å². The third-order valence-electron chi connectivity index (χ3n) is 3.09. The summed E-state index contributed by atoms with van der Waals surface area (Å²) in [7, 11) is 0. The highest BCUT2D eigenvalue weighted by Gasteiger charge is 2.05. The molecule has 0 aliphatic heterocycles. The zero-order chi connectivity index (χ0) is 13.5. The van der Waals surface area contributed by atoms with Gasteiger partial charge in [-0.25, -0.2) is 0 Å². The fraction of sp³-hybridized carbons (Fsp3) is 0.250. The first-order valence-electron chi connectivity index (χ1n) is 6.54. The van der Waals surface area contributed by atoms with Crippen molar-refractivity contribution in [1.29, 1.82) is 0 Å². The Hall–Kier alpha value is -1.84. The van der Waals surface area contributed by atoms with E-state index in [1.807, 2.05) is 42.5 Å². The summed E-state index contributed by atoms with van der Waals surface area (Å²) in [6.45, 7) is 0.905. The van der Waals surface area contributed by atoms with Crippen LogP contribution in [0.2, 0.25) is 0 Å². The van der Waals surface area contributed by atoms with E-state index >= 15 is 0 Å². The first kappa shape index (κ1) is 13.6. The van der Waals surface area contributed by atoms with E-state index in [9.17, 15) is 0 Å². The minimum Gasteiger partial charge on any atom is -0.396 e. The summed E-state index contributed by atoms with van der Waals surface area (Å²) < 4.78 is 0. The summed E-state index contributed by atoms with van der Waals surface area (Å²) in [6, 6.07) is 18.2. The van der Waals surface area contributed by atoms with E-state index in [4.69, 9.17) is 10.8 Å². The molecule has 100 valence electrons. The second kappa shape index (κ2) is 6.92. The van der Waals surface area contributed by atoms with Crippen LogP contribution in [-0.4, -0.2) is 11.7 Å². The minimum absolute atomic E-state index is 0.108. The molecule has 0 saturated heterocycles. The summed E-state index contributed by atoms with van der Waals surface area (Å²) in [4.78, 5) is 0. The van der Waals surface area contributed by atoms with Gasteiger partial charge in [0.25, 0.3) is 0 Å². The SMILES string of the molecule is NC(CCO)c1cccc(NCc2ccccc2)c1. The summed E-state index contributed by atoms with van der Waals surface area (Å²) in [5.41, 5.74) is 9.34. The van der Waals surface area contributed by atoms with Gasteiger partial charge in [-0.05, 0) is 29.7 Å². The molecule has 1 atom stereocenters. The zero-order valence-corrected chi connectivity index (χ0v) is 10.9. The molecule has 0 saturated carbocycles. The van der Waals surface area contributed by atoms with Crippen LogP contribution in [0.5, 0.6) is 0 Å². The number of rotatable bonds is 6. The first-order chi connectivity index (χ1) is 9.29. The van der Waals surface area contributed by atoms with Gasteiger partial charge in [0.15, 0.2) is 0 Å². The molecule has 0 aliphatic rings. The van der Waals surface area contributed by atoms with E-state index in [2.05, 4.69) is 17.4 Å². The molecule has 2 aromatic rings. The molecule has 0 heterocycles. The molecule has 3 nitrogen and oxygen atoms in total. The first-order valence-corrected chi connectivity index (χ1v) is 6.54. The average Bonchev–Trinajstić information content (AvgIpc) is 2.47. The topological polar surface area (TPSA) is 58.3 Å². The molecule has 2 aromatic carbocycles. The summed E-state index contributed by atoms with van der Waals surface area (Å²) in [6.07, 6.45) is 0.585. The van der Waals surface area contributed by atoms with Crippen molar-refractivity contribution in [3.63, 3.8) is 0 Å². The fourth-order valence-corrected chi connectivity index (χ4v) is 1.99. The van der Waals surface area contributed by atoms with Crippen molar-refractivity contribution in [3.05, 3.63) is 65.7 Å². The molecule has 0 radical (unpaired) electrons. The highest BCUT2D eigenvalue weighted by atomic mass is 16.3. The molecule has 19 heavy (non-hydrogen) atoms. The summed E-state index contributed by atoms with van der Waals surface area (Å²) in [5, 5.41) is 12.3. The van der Waals surface area contributed by atoms with E-state index in [-0.39, 0.29) is 12.6 Å². The maximum atomic E-state index is 8.92. The Bertz CT molecular complexity index is 499. The van der Waals surface area contributed by atoms with Gasteiger partial charge in [0.2, 0.25) is 0 Å². The van der Waals surface area contributed by atoms with Crippen molar-refractivity contribution < 1.29 is 5.11 Å². The number of benzene rings is 2. The normalized spacial score (nSPS) is 12.1. The lowest BCUT2D eigenvalue weighted by atomic mass is 10.0. The third kappa shape index (κ3) is 4.09. The molecule has 4 N–H and O–H groups in total. The molecule has 3 heteroatoms. The highest BCUT2D eigenvalue weighted by molar-refractivity contribution is 5.47. The third-order valence-corrected chi connectivity index (χ3v) is 3.09. The van der Waals surface area contributed by atoms with Crippen LogP contribution in [-0.2, 0) is 6.54 Å². The minimum atomic E-state index is -0.108. The van der Waals surface area contributed by atoms with Crippen molar-refractivity contribution in [1.82, 2.24) is 0 Å². The molecule has 0 aliphatic carbocycles. The Morgan fingerprint density at radius 3 is 2.58 bits per heavy atom. The Morgan fingerprint density at radius 2 is 1.84 bits per heavy atom. The van der Waals surface area contributed by atoms with Gasteiger partial charge in [0.05, 0.1) is 0 Å². The van der Waals surface area contributed by atoms with Crippen LogP contribution in [0.3, 0.4) is 0 Å². The largest absolute Gasteiger partial charge is 0.396 e. The Labute approximate surface area is 114 Å². The van der Waals surface area contributed by atoms with Crippen LogP contribution in [0, 0.1) is 0 Å². The Kier molecular flexibility index (Phi) is 4.95. The van der Waals surface area contributed by atoms with Gasteiger partial charge in [0.1, 0.15) is 0 Å². The lowest BCUT2D eigenvalue weighted by Crippen LogP contribution is -2.12. The number of nitrogens with one attached hydrogen (secondary N) is 1. The zero-order valence-electron chi connectivity index (χ0n) is 10.9. The standard InChI is InChI=1S/C16H20N2O/c17-16(9-10-19)14-7-4-8-15(11-14)18-12-13-5-2-1-3-6-13/h1-8,11,16,18-19H,9-10,12,17H2. The monoisotopic (exact) mass is 256 g/mol. The van der Waals surface area contributed by atoms with Gasteiger partial charge in [-0.15, -0.1) is 0 Å². The Morgan fingerprint density at radius 1 is 1.05 bits per heavy atom. The summed E-state index contributed by atoms with van der Waals surface area (Å²) in [5.74, 6) is 0. The van der Waals surface area contributed by atoms with Gasteiger partial charge >= 0.3 is 0 Å². The average molecular weight is 256 g/mol. The number of anilines is 1. The maximum absolute atomic E-state index is 8.92. The van der Waals surface area contributed by atoms with Crippen LogP contribution in [0.4, 0.5) is 5.69 Å². The van der Waals surface area contributed by atoms with Crippen LogP contribution >= 0.6 is 0 Å². The molecular formula is C16H20N2O. The molecule has 2 rings (SSSR count). The highest BCUT2D eigenvalue weighted by Crippen LogP contribution is 2.18. The van der Waals surface area contributed by atoms with Crippen LogP contribution in [0.1, 0.15) is 23.6 Å². The van der Waals surface area contributed by atoms with Crippen LogP contribution < -0.4 is 11.1 Å². The molecular weight excluding hydrogens is 236 g/mol. The van der Waals surface area contributed by atoms with Gasteiger partial charge in [0, 0.05) is 24.9 Å². The molecule has 0 spiro atoms. The second-order valence-corrected chi connectivity index (χ2v) is 4.58. The van der Waals surface area contributed by atoms with Crippen molar-refractivity contribution in [2.45, 2.75) is 19.0 Å². The molecule has 0 bridgehead atoms. The van der Waals surface area contributed by atoms with E-state index in [0.29, 0.717) is 6.42 Å². The van der Waals surface area contributed by atoms with Crippen LogP contribution in [0.25, 0.3) is 0 Å². The smallest absolute Gasteiger partial charge is 0.0449 e. The summed E-state index contributed by atoms with van der Waals surface area (Å²) >= 11 is 0. The molecule has 0 fully saturated rings. The predicted molar refractivity (Wildman–Crippen MR) is 78.8 cm³/mol. The van der Waals surface area contributed by atoms with Crippen molar-refractivity contribution in [2.24, 2.45) is 5.73 Å². The number of aliphatic hydroxyl groups excluding tert-OH is 1. The number of aliphatic hydroxyl groups is 1. The number of hydrogen-bond donors (Lipinski definition) is 3. The van der Waals surface area contributed by atoms with E-state index in [1.165, 1.54) is 5.56 Å². The molecule has 1 unspecified atom stereocenters. The quantitative estimate of drug-likeness (QED) is 0.744. The van der Waals surface area contributed by atoms with Gasteiger partial charge in [-0.2, -0.15) is 0 Å². The van der Waals surface area contributed by atoms with Gasteiger partial charge < -0.3 is 16.2 Å². The number of nitrogens with two attached hydrogens (primary N) is 1. The Balaban J connectivity index is 1.99. The van der Waals surface area contributed by atoms with Crippen molar-refractivity contribution in [2.75, 3.05) is 11.9 Å². The van der Waals surface area contributed by atoms with Crippen LogP contribution in [0.15, 0.2) is 54.6 Å². The molecule has 0 aromatic heterocycles. The van der Waals surface area contributed by atoms with Gasteiger partial charge in [-0.3, -0.25) is 0 Å². The van der Waals surface area contributed by atoms with E-state index < -0.39 is 0 Å². The van der Waals surface area contributed by atoms with Crippen molar-refractivity contribution in [3.8, 4) is 0 Å². The predicted octanol–water partition coefficient (Wildman–Crippen LogP) is 2.68. The molecule has 0 amide bonds. The number of hydrogen-bond acceptors (Lipinski definition) is 3.